The van der Waals surface area contributed by atoms with Crippen LogP contribution in [-0.4, -0.2) is 22.8 Å². The van der Waals surface area contributed by atoms with E-state index >= 15 is 0 Å². The minimum atomic E-state index is -0.0245. The fourth-order valence-corrected chi connectivity index (χ4v) is 2.13. The van der Waals surface area contributed by atoms with Crippen LogP contribution in [0.1, 0.15) is 24.2 Å². The zero-order chi connectivity index (χ0) is 15.4. The van der Waals surface area contributed by atoms with Gasteiger partial charge in [-0.2, -0.15) is 0 Å². The van der Waals surface area contributed by atoms with E-state index in [4.69, 9.17) is 17.3 Å². The van der Waals surface area contributed by atoms with E-state index in [0.29, 0.717) is 16.4 Å². The van der Waals surface area contributed by atoms with Gasteiger partial charge >= 0.3 is 0 Å². The highest BCUT2D eigenvalue weighted by atomic mass is 35.5. The molecule has 6 heteroatoms. The van der Waals surface area contributed by atoms with Crippen LogP contribution in [0.15, 0.2) is 42.6 Å². The molecule has 0 saturated carbocycles. The molecular formula is C16H19Cl2N3O. The van der Waals surface area contributed by atoms with Crippen molar-refractivity contribution in [1.82, 2.24) is 9.88 Å². The fourth-order valence-electron chi connectivity index (χ4n) is 2.00. The van der Waals surface area contributed by atoms with Gasteiger partial charge in [0.2, 0.25) is 5.91 Å². The average Bonchev–Trinajstić information content (AvgIpc) is 2.49. The molecule has 2 N–H and O–H groups in total. The standard InChI is InChI=1S/C16H18ClN3O.ClH/c1-11(12-3-5-13(17)6-4-12)20(2)16(21)9-15-8-7-14(18)10-19-15;/h3-8,10-11H,9,18H2,1-2H3;1H. The van der Waals surface area contributed by atoms with Crippen LogP contribution in [0.3, 0.4) is 0 Å². The number of carbonyl (C=O) groups is 1. The van der Waals surface area contributed by atoms with Gasteiger partial charge < -0.3 is 10.6 Å². The Morgan fingerprint density at radius 3 is 2.45 bits per heavy atom. The molecule has 4 nitrogen and oxygen atoms in total. The number of nitrogens with zero attached hydrogens (tertiary/aromatic N) is 2. The number of aromatic nitrogens is 1. The molecule has 0 aliphatic heterocycles. The summed E-state index contributed by atoms with van der Waals surface area (Å²) in [5.74, 6) is 0.00900. The second kappa shape index (κ2) is 8.01. The van der Waals surface area contributed by atoms with Crippen molar-refractivity contribution < 1.29 is 4.79 Å². The normalized spacial score (nSPS) is 11.4. The Bertz CT molecular complexity index is 614. The highest BCUT2D eigenvalue weighted by Gasteiger charge is 2.18. The first-order chi connectivity index (χ1) is 9.97. The lowest BCUT2D eigenvalue weighted by molar-refractivity contribution is -0.131. The van der Waals surface area contributed by atoms with E-state index in [1.165, 1.54) is 0 Å². The average molecular weight is 340 g/mol. The fraction of sp³-hybridized carbons (Fsp3) is 0.250. The Balaban J connectivity index is 0.00000242. The summed E-state index contributed by atoms with van der Waals surface area (Å²) >= 11 is 5.88. The molecule has 0 fully saturated rings. The van der Waals surface area contributed by atoms with Crippen LogP contribution in [0.25, 0.3) is 0 Å². The number of pyridine rings is 1. The lowest BCUT2D eigenvalue weighted by Crippen LogP contribution is -2.31. The van der Waals surface area contributed by atoms with Gasteiger partial charge in [0, 0.05) is 17.8 Å². The molecule has 2 aromatic rings. The van der Waals surface area contributed by atoms with E-state index in [9.17, 15) is 4.79 Å². The third kappa shape index (κ3) is 4.61. The number of hydrogen-bond donors (Lipinski definition) is 1. The molecule has 0 bridgehead atoms. The predicted molar refractivity (Wildman–Crippen MR) is 92.2 cm³/mol. The number of halogens is 2. The summed E-state index contributed by atoms with van der Waals surface area (Å²) in [5.41, 5.74) is 7.93. The van der Waals surface area contributed by atoms with E-state index in [2.05, 4.69) is 4.98 Å². The van der Waals surface area contributed by atoms with Gasteiger partial charge in [0.15, 0.2) is 0 Å². The van der Waals surface area contributed by atoms with Crippen molar-refractivity contribution in [3.63, 3.8) is 0 Å². The molecule has 0 aliphatic carbocycles. The Hall–Kier alpha value is -1.78. The Kier molecular flexibility index (Phi) is 6.65. The molecule has 118 valence electrons. The molecule has 1 atom stereocenters. The summed E-state index contributed by atoms with van der Waals surface area (Å²) in [6, 6.07) is 11.0. The number of amides is 1. The topological polar surface area (TPSA) is 59.2 Å². The van der Waals surface area contributed by atoms with Crippen molar-refractivity contribution in [3.8, 4) is 0 Å². The number of anilines is 1. The maximum Gasteiger partial charge on any atom is 0.228 e. The second-order valence-corrected chi connectivity index (χ2v) is 5.43. The van der Waals surface area contributed by atoms with E-state index in [1.807, 2.05) is 31.2 Å². The molecule has 1 unspecified atom stereocenters. The molecule has 1 amide bonds. The highest BCUT2D eigenvalue weighted by molar-refractivity contribution is 6.30. The van der Waals surface area contributed by atoms with E-state index in [0.717, 1.165) is 5.56 Å². The zero-order valence-corrected chi connectivity index (χ0v) is 14.1. The second-order valence-electron chi connectivity index (χ2n) is 4.99. The quantitative estimate of drug-likeness (QED) is 0.927. The molecule has 0 radical (unpaired) electrons. The summed E-state index contributed by atoms with van der Waals surface area (Å²) in [5, 5.41) is 0.686. The number of carbonyl (C=O) groups excluding carboxylic acids is 1. The first kappa shape index (κ1) is 18.3. The number of benzene rings is 1. The monoisotopic (exact) mass is 339 g/mol. The molecular weight excluding hydrogens is 321 g/mol. The van der Waals surface area contributed by atoms with Gasteiger partial charge in [-0.15, -0.1) is 12.4 Å². The Morgan fingerprint density at radius 1 is 1.27 bits per heavy atom. The van der Waals surface area contributed by atoms with Gasteiger partial charge in [0.05, 0.1) is 24.3 Å². The lowest BCUT2D eigenvalue weighted by atomic mass is 10.1. The first-order valence-electron chi connectivity index (χ1n) is 6.69. The number of hydrogen-bond acceptors (Lipinski definition) is 3. The van der Waals surface area contributed by atoms with Gasteiger partial charge in [-0.1, -0.05) is 23.7 Å². The number of nitrogen functional groups attached to an aromatic ring is 1. The summed E-state index contributed by atoms with van der Waals surface area (Å²) in [4.78, 5) is 18.2. The lowest BCUT2D eigenvalue weighted by Gasteiger charge is -2.25. The van der Waals surface area contributed by atoms with Gasteiger partial charge in [0.25, 0.3) is 0 Å². The van der Waals surface area contributed by atoms with Gasteiger partial charge in [0.1, 0.15) is 0 Å². The number of rotatable bonds is 4. The van der Waals surface area contributed by atoms with Crippen molar-refractivity contribution >= 4 is 35.6 Å². The van der Waals surface area contributed by atoms with E-state index < -0.39 is 0 Å². The number of likely N-dealkylation sites (N-methyl/N-ethyl adjacent to an activating group) is 1. The van der Waals surface area contributed by atoms with Gasteiger partial charge in [-0.05, 0) is 36.8 Å². The van der Waals surface area contributed by atoms with Crippen molar-refractivity contribution in [2.45, 2.75) is 19.4 Å². The van der Waals surface area contributed by atoms with Crippen molar-refractivity contribution in [1.29, 1.82) is 0 Å². The van der Waals surface area contributed by atoms with Crippen LogP contribution in [0.5, 0.6) is 0 Å². The SMILES string of the molecule is CC(c1ccc(Cl)cc1)N(C)C(=O)Cc1ccc(N)cn1.Cl. The summed E-state index contributed by atoms with van der Waals surface area (Å²) < 4.78 is 0. The Labute approximate surface area is 141 Å². The minimum absolute atomic E-state index is 0. The predicted octanol–water partition coefficient (Wildman–Crippen LogP) is 3.50. The number of nitrogens with two attached hydrogens (primary N) is 1. The maximum absolute atomic E-state index is 12.3. The van der Waals surface area contributed by atoms with Crippen molar-refractivity contribution in [2.24, 2.45) is 0 Å². The largest absolute Gasteiger partial charge is 0.397 e. The van der Waals surface area contributed by atoms with Crippen molar-refractivity contribution in [3.05, 3.63) is 58.9 Å². The van der Waals surface area contributed by atoms with E-state index in [-0.39, 0.29) is 30.8 Å². The smallest absolute Gasteiger partial charge is 0.228 e. The third-order valence-corrected chi connectivity index (χ3v) is 3.76. The van der Waals surface area contributed by atoms with Crippen LogP contribution in [0.4, 0.5) is 5.69 Å². The Morgan fingerprint density at radius 2 is 1.91 bits per heavy atom. The molecule has 1 heterocycles. The van der Waals surface area contributed by atoms with Crippen LogP contribution >= 0.6 is 24.0 Å². The first-order valence-corrected chi connectivity index (χ1v) is 7.06. The minimum Gasteiger partial charge on any atom is -0.397 e. The summed E-state index contributed by atoms with van der Waals surface area (Å²) in [6.45, 7) is 1.98. The van der Waals surface area contributed by atoms with Crippen molar-refractivity contribution in [2.75, 3.05) is 12.8 Å². The van der Waals surface area contributed by atoms with Crippen LogP contribution < -0.4 is 5.73 Å². The molecule has 0 saturated heterocycles. The summed E-state index contributed by atoms with van der Waals surface area (Å²) in [7, 11) is 1.79. The summed E-state index contributed by atoms with van der Waals surface area (Å²) in [6.07, 6.45) is 1.82. The molecule has 0 spiro atoms. The molecule has 0 aliphatic rings. The zero-order valence-electron chi connectivity index (χ0n) is 12.5. The van der Waals surface area contributed by atoms with E-state index in [1.54, 1.807) is 30.3 Å². The molecule has 2 rings (SSSR count). The molecule has 1 aromatic heterocycles. The van der Waals surface area contributed by atoms with Crippen LogP contribution in [0, 0.1) is 0 Å². The molecule has 22 heavy (non-hydrogen) atoms. The van der Waals surface area contributed by atoms with Gasteiger partial charge in [-0.3, -0.25) is 9.78 Å². The van der Waals surface area contributed by atoms with Crippen LogP contribution in [-0.2, 0) is 11.2 Å². The van der Waals surface area contributed by atoms with Crippen LogP contribution in [0.2, 0.25) is 5.02 Å². The highest BCUT2D eigenvalue weighted by Crippen LogP contribution is 2.21. The van der Waals surface area contributed by atoms with Gasteiger partial charge in [-0.25, -0.2) is 0 Å². The maximum atomic E-state index is 12.3. The third-order valence-electron chi connectivity index (χ3n) is 3.51. The molecule has 1 aromatic carbocycles.